The van der Waals surface area contributed by atoms with E-state index in [0.29, 0.717) is 11.7 Å². The molecule has 5 heteroatoms. The van der Waals surface area contributed by atoms with E-state index in [4.69, 9.17) is 0 Å². The van der Waals surface area contributed by atoms with E-state index in [0.717, 1.165) is 34.2 Å². The van der Waals surface area contributed by atoms with Crippen LogP contribution in [0.4, 0.5) is 0 Å². The fourth-order valence-electron chi connectivity index (χ4n) is 3.40. The van der Waals surface area contributed by atoms with E-state index in [1.807, 2.05) is 42.5 Å². The molecular weight excluding hydrogens is 342 g/mol. The average molecular weight is 364 g/mol. The van der Waals surface area contributed by atoms with E-state index in [9.17, 15) is 4.79 Å². The number of nitrogens with zero attached hydrogens (tertiary/aromatic N) is 3. The molecule has 0 saturated heterocycles. The predicted molar refractivity (Wildman–Crippen MR) is 91.3 cm³/mol. The molecule has 2 aromatic rings. The molecule has 2 heterocycles. The lowest BCUT2D eigenvalue weighted by Crippen LogP contribution is -2.39. The fraction of sp³-hybridized carbons (Fsp3) is 0.529. The number of halogens is 1. The molecular formula is C17H22BrN3O. The Hall–Kier alpha value is -1.36. The molecule has 0 aromatic carbocycles. The van der Waals surface area contributed by atoms with Crippen molar-refractivity contribution < 1.29 is 4.79 Å². The van der Waals surface area contributed by atoms with E-state index < -0.39 is 0 Å². The van der Waals surface area contributed by atoms with Crippen LogP contribution in [0.25, 0.3) is 5.65 Å². The summed E-state index contributed by atoms with van der Waals surface area (Å²) in [6.45, 7) is 3.94. The quantitative estimate of drug-likeness (QED) is 0.804. The lowest BCUT2D eigenvalue weighted by Gasteiger charge is -2.31. The van der Waals surface area contributed by atoms with Crippen LogP contribution in [-0.2, 0) is 0 Å². The van der Waals surface area contributed by atoms with E-state index in [2.05, 4.69) is 20.9 Å². The zero-order chi connectivity index (χ0) is 15.9. The summed E-state index contributed by atoms with van der Waals surface area (Å²) in [6.07, 6.45) is 7.95. The normalized spacial score (nSPS) is 16.2. The van der Waals surface area contributed by atoms with Crippen molar-refractivity contribution in [2.24, 2.45) is 0 Å². The van der Waals surface area contributed by atoms with Gasteiger partial charge in [0.1, 0.15) is 5.69 Å². The van der Waals surface area contributed by atoms with Gasteiger partial charge in [-0.3, -0.25) is 9.20 Å². The Labute approximate surface area is 139 Å². The lowest BCUT2D eigenvalue weighted by molar-refractivity contribution is 0.0688. The zero-order valence-electron chi connectivity index (χ0n) is 13.4. The standard InChI is InChI=1S/C17H22BrN3O/c1-11-9-14(18)16-19-12(2)15(21(16)10-11)17(22)20(3)13-7-5-4-6-8-13/h9-10,13H,4-8H2,1-3H3. The Bertz CT molecular complexity index is 716. The zero-order valence-corrected chi connectivity index (χ0v) is 15.0. The van der Waals surface area contributed by atoms with Crippen molar-refractivity contribution >= 4 is 27.5 Å². The van der Waals surface area contributed by atoms with Crippen LogP contribution in [-0.4, -0.2) is 33.3 Å². The molecule has 0 atom stereocenters. The average Bonchev–Trinajstić information content (AvgIpc) is 2.83. The third kappa shape index (κ3) is 2.67. The molecule has 0 radical (unpaired) electrons. The Kier molecular flexibility index (Phi) is 4.26. The van der Waals surface area contributed by atoms with Crippen LogP contribution in [0.2, 0.25) is 0 Å². The number of fused-ring (bicyclic) bond motifs is 1. The van der Waals surface area contributed by atoms with Crippen LogP contribution < -0.4 is 0 Å². The number of carbonyl (C=O) groups excluding carboxylic acids is 1. The maximum absolute atomic E-state index is 13.0. The maximum atomic E-state index is 13.0. The highest BCUT2D eigenvalue weighted by Crippen LogP contribution is 2.26. The smallest absolute Gasteiger partial charge is 0.272 e. The van der Waals surface area contributed by atoms with Crippen molar-refractivity contribution in [2.75, 3.05) is 7.05 Å². The summed E-state index contributed by atoms with van der Waals surface area (Å²) in [5, 5.41) is 0. The Morgan fingerprint density at radius 1 is 1.32 bits per heavy atom. The molecule has 118 valence electrons. The van der Waals surface area contributed by atoms with Gasteiger partial charge in [-0.2, -0.15) is 0 Å². The highest BCUT2D eigenvalue weighted by atomic mass is 79.9. The minimum Gasteiger partial charge on any atom is -0.337 e. The van der Waals surface area contributed by atoms with Gasteiger partial charge in [0.15, 0.2) is 5.65 Å². The molecule has 3 rings (SSSR count). The van der Waals surface area contributed by atoms with Crippen LogP contribution in [0.3, 0.4) is 0 Å². The number of pyridine rings is 1. The largest absolute Gasteiger partial charge is 0.337 e. The fourth-order valence-corrected chi connectivity index (χ4v) is 4.05. The highest BCUT2D eigenvalue weighted by molar-refractivity contribution is 9.10. The summed E-state index contributed by atoms with van der Waals surface area (Å²) in [5.74, 6) is 0.0781. The van der Waals surface area contributed by atoms with Crippen molar-refractivity contribution in [3.63, 3.8) is 0 Å². The summed E-state index contributed by atoms with van der Waals surface area (Å²) < 4.78 is 2.85. The van der Waals surface area contributed by atoms with Gasteiger partial charge in [0, 0.05) is 19.3 Å². The van der Waals surface area contributed by atoms with Gasteiger partial charge in [0.25, 0.3) is 5.91 Å². The molecule has 1 aliphatic rings. The molecule has 1 fully saturated rings. The molecule has 0 unspecified atom stereocenters. The van der Waals surface area contributed by atoms with Gasteiger partial charge in [-0.25, -0.2) is 4.98 Å². The van der Waals surface area contributed by atoms with Crippen molar-refractivity contribution in [1.82, 2.24) is 14.3 Å². The minimum absolute atomic E-state index is 0.0781. The molecule has 0 spiro atoms. The second-order valence-electron chi connectivity index (χ2n) is 6.31. The van der Waals surface area contributed by atoms with E-state index in [1.165, 1.54) is 19.3 Å². The SMILES string of the molecule is Cc1cc(Br)c2nc(C)c(C(=O)N(C)C3CCCCC3)n2c1. The summed E-state index contributed by atoms with van der Waals surface area (Å²) >= 11 is 3.55. The first-order valence-corrected chi connectivity index (χ1v) is 8.70. The molecule has 4 nitrogen and oxygen atoms in total. The molecule has 2 aromatic heterocycles. The van der Waals surface area contributed by atoms with Gasteiger partial charge in [0.05, 0.1) is 10.2 Å². The van der Waals surface area contributed by atoms with E-state index in [1.54, 1.807) is 0 Å². The molecule has 1 amide bonds. The summed E-state index contributed by atoms with van der Waals surface area (Å²) in [5.41, 5.74) is 3.39. The number of aryl methyl sites for hydroxylation is 2. The first-order valence-electron chi connectivity index (χ1n) is 7.91. The van der Waals surface area contributed by atoms with Gasteiger partial charge in [-0.05, 0) is 54.2 Å². The van der Waals surface area contributed by atoms with Gasteiger partial charge in [-0.1, -0.05) is 19.3 Å². The number of amides is 1. The number of rotatable bonds is 2. The summed E-state index contributed by atoms with van der Waals surface area (Å²) in [6, 6.07) is 2.39. The van der Waals surface area contributed by atoms with Crippen molar-refractivity contribution in [3.8, 4) is 0 Å². The molecule has 22 heavy (non-hydrogen) atoms. The van der Waals surface area contributed by atoms with Crippen LogP contribution in [0.1, 0.15) is 53.8 Å². The van der Waals surface area contributed by atoms with Crippen molar-refractivity contribution in [2.45, 2.75) is 52.0 Å². The van der Waals surface area contributed by atoms with Gasteiger partial charge in [0.2, 0.25) is 0 Å². The second-order valence-corrected chi connectivity index (χ2v) is 7.17. The van der Waals surface area contributed by atoms with Crippen molar-refractivity contribution in [3.05, 3.63) is 33.7 Å². The number of hydrogen-bond donors (Lipinski definition) is 0. The van der Waals surface area contributed by atoms with E-state index >= 15 is 0 Å². The van der Waals surface area contributed by atoms with Crippen molar-refractivity contribution in [1.29, 1.82) is 0 Å². The number of hydrogen-bond acceptors (Lipinski definition) is 2. The number of aromatic nitrogens is 2. The third-order valence-electron chi connectivity index (χ3n) is 4.63. The topological polar surface area (TPSA) is 37.6 Å². The minimum atomic E-state index is 0.0781. The van der Waals surface area contributed by atoms with E-state index in [-0.39, 0.29) is 5.91 Å². The Morgan fingerprint density at radius 2 is 2.00 bits per heavy atom. The monoisotopic (exact) mass is 363 g/mol. The molecule has 0 N–H and O–H groups in total. The Balaban J connectivity index is 2.01. The predicted octanol–water partition coefficient (Wildman–Crippen LogP) is 4.12. The van der Waals surface area contributed by atoms with Crippen LogP contribution >= 0.6 is 15.9 Å². The highest BCUT2D eigenvalue weighted by Gasteiger charge is 2.27. The molecule has 0 bridgehead atoms. The summed E-state index contributed by atoms with van der Waals surface area (Å²) in [7, 11) is 1.93. The molecule has 0 aliphatic heterocycles. The first-order chi connectivity index (χ1) is 10.5. The van der Waals surface area contributed by atoms with Crippen LogP contribution in [0, 0.1) is 13.8 Å². The van der Waals surface area contributed by atoms with Crippen LogP contribution in [0.15, 0.2) is 16.7 Å². The van der Waals surface area contributed by atoms with Gasteiger partial charge >= 0.3 is 0 Å². The maximum Gasteiger partial charge on any atom is 0.272 e. The lowest BCUT2D eigenvalue weighted by atomic mass is 9.94. The van der Waals surface area contributed by atoms with Crippen LogP contribution in [0.5, 0.6) is 0 Å². The van der Waals surface area contributed by atoms with Gasteiger partial charge in [-0.15, -0.1) is 0 Å². The first kappa shape index (κ1) is 15.5. The third-order valence-corrected chi connectivity index (χ3v) is 5.22. The van der Waals surface area contributed by atoms with Gasteiger partial charge < -0.3 is 4.90 Å². The molecule has 1 saturated carbocycles. The number of imidazole rings is 1. The molecule has 1 aliphatic carbocycles. The summed E-state index contributed by atoms with van der Waals surface area (Å²) in [4.78, 5) is 19.5. The number of carbonyl (C=O) groups is 1. The Morgan fingerprint density at radius 3 is 2.68 bits per heavy atom. The second kappa shape index (κ2) is 6.03.